The number of hydrogen-bond donors (Lipinski definition) is 4. The molecule has 0 unspecified atom stereocenters. The average Bonchev–Trinajstić information content (AvgIpc) is 3.05. The van der Waals surface area contributed by atoms with Gasteiger partial charge in [0.05, 0.1) is 25.1 Å². The molecule has 1 saturated heterocycles. The van der Waals surface area contributed by atoms with E-state index in [2.05, 4.69) is 9.88 Å². The van der Waals surface area contributed by atoms with Crippen LogP contribution in [0.15, 0.2) is 18.3 Å². The number of aliphatic hydroxyl groups excluding tert-OH is 1. The van der Waals surface area contributed by atoms with Gasteiger partial charge >= 0.3 is 0 Å². The Morgan fingerprint density at radius 3 is 2.00 bits per heavy atom. The van der Waals surface area contributed by atoms with Gasteiger partial charge in [-0.05, 0) is 18.9 Å². The van der Waals surface area contributed by atoms with Crippen LogP contribution < -0.4 is 15.4 Å². The fourth-order valence-corrected chi connectivity index (χ4v) is 3.37. The number of carboxylic acid groups (broad SMARTS) is 2. The van der Waals surface area contributed by atoms with Crippen LogP contribution in [0.3, 0.4) is 0 Å². The van der Waals surface area contributed by atoms with E-state index in [1.165, 1.54) is 0 Å². The molecule has 1 aliphatic carbocycles. The van der Waals surface area contributed by atoms with Gasteiger partial charge in [-0.2, -0.15) is 0 Å². The van der Waals surface area contributed by atoms with Crippen LogP contribution in [0, 0.1) is 5.92 Å². The smallest absolute Gasteiger partial charge is 0.300 e. The van der Waals surface area contributed by atoms with Gasteiger partial charge in [0.25, 0.3) is 11.9 Å². The number of aliphatic hydroxyl groups is 1. The van der Waals surface area contributed by atoms with Gasteiger partial charge in [0.15, 0.2) is 0 Å². The van der Waals surface area contributed by atoms with Crippen molar-refractivity contribution in [3.05, 3.63) is 18.3 Å². The molecule has 2 heterocycles. The van der Waals surface area contributed by atoms with Crippen LogP contribution in [-0.2, 0) is 14.4 Å². The lowest BCUT2D eigenvalue weighted by Crippen LogP contribution is -2.50. The monoisotopic (exact) mass is 440 g/mol. The van der Waals surface area contributed by atoms with Crippen LogP contribution in [0.4, 0.5) is 5.69 Å². The summed E-state index contributed by atoms with van der Waals surface area (Å²) < 4.78 is 5.07. The molecule has 5 N–H and O–H groups in total. The van der Waals surface area contributed by atoms with E-state index in [0.717, 1.165) is 32.6 Å². The van der Waals surface area contributed by atoms with E-state index in [1.54, 1.807) is 13.3 Å². The molecule has 31 heavy (non-hydrogen) atoms. The second-order valence-corrected chi connectivity index (χ2v) is 7.31. The van der Waals surface area contributed by atoms with Crippen molar-refractivity contribution in [2.45, 2.75) is 38.8 Å². The molecule has 1 amide bonds. The molecule has 1 aromatic heterocycles. The number of ether oxygens (including phenoxy) is 1. The summed E-state index contributed by atoms with van der Waals surface area (Å²) in [5, 5.41) is 24.6. The highest BCUT2D eigenvalue weighted by Crippen LogP contribution is 2.27. The minimum absolute atomic E-state index is 0.129. The average molecular weight is 440 g/mol. The summed E-state index contributed by atoms with van der Waals surface area (Å²) in [6, 6.07) is 3.56. The topological polar surface area (TPSA) is 167 Å². The summed E-state index contributed by atoms with van der Waals surface area (Å²) in [6.07, 6.45) is 2.32. The second kappa shape index (κ2) is 12.7. The highest BCUT2D eigenvalue weighted by atomic mass is 16.5. The molecule has 1 aromatic rings. The zero-order valence-electron chi connectivity index (χ0n) is 18.1. The number of rotatable bonds is 3. The van der Waals surface area contributed by atoms with Crippen LogP contribution in [0.1, 0.15) is 26.7 Å². The zero-order chi connectivity index (χ0) is 23.6. The molecule has 0 radical (unpaired) electrons. The third-order valence-corrected chi connectivity index (χ3v) is 4.81. The number of aliphatic carboxylic acids is 2. The quantitative estimate of drug-likeness (QED) is 0.503. The number of amides is 1. The number of pyridine rings is 1. The number of nitrogens with zero attached hydrogens (tertiary/aromatic N) is 3. The molecule has 3 rings (SSSR count). The highest BCUT2D eigenvalue weighted by molar-refractivity contribution is 5.79. The zero-order valence-corrected chi connectivity index (χ0v) is 18.1. The number of methoxy groups -OCH3 is 1. The Bertz CT molecular complexity index is 691. The van der Waals surface area contributed by atoms with E-state index < -0.39 is 18.0 Å². The number of carbonyl (C=O) groups excluding carboxylic acids is 1. The third-order valence-electron chi connectivity index (χ3n) is 4.81. The lowest BCUT2D eigenvalue weighted by Gasteiger charge is -2.37. The van der Waals surface area contributed by atoms with Gasteiger partial charge in [-0.1, -0.05) is 0 Å². The molecule has 1 aliphatic heterocycles. The normalized spacial score (nSPS) is 22.4. The number of carbonyl (C=O) groups is 3. The maximum atomic E-state index is 12.5. The minimum Gasteiger partial charge on any atom is -0.481 e. The van der Waals surface area contributed by atoms with Gasteiger partial charge in [0.2, 0.25) is 11.8 Å². The summed E-state index contributed by atoms with van der Waals surface area (Å²) in [7, 11) is 1.60. The van der Waals surface area contributed by atoms with Crippen molar-refractivity contribution in [1.29, 1.82) is 0 Å². The van der Waals surface area contributed by atoms with Crippen molar-refractivity contribution in [3.8, 4) is 5.88 Å². The Kier molecular flexibility index (Phi) is 10.7. The van der Waals surface area contributed by atoms with E-state index in [4.69, 9.17) is 30.3 Å². The standard InChI is InChI=1S/C16H24N4O3.2C2H4O2/c1-23-15-3-2-12(10-18-15)19-4-6-20(7-5-19)16(22)11-8-13(17)14(21)9-11;2*1-2(3)4/h2-3,10-11,13-14,21H,4-9,17H2,1H3;2*1H3,(H,3,4)/t11-,13+,14+;;/m0../s1. The van der Waals surface area contributed by atoms with Crippen molar-refractivity contribution in [2.75, 3.05) is 38.2 Å². The summed E-state index contributed by atoms with van der Waals surface area (Å²) >= 11 is 0. The van der Waals surface area contributed by atoms with E-state index in [-0.39, 0.29) is 17.9 Å². The molecule has 0 spiro atoms. The maximum absolute atomic E-state index is 12.5. The predicted octanol–water partition coefficient (Wildman–Crippen LogP) is 0.0188. The fourth-order valence-electron chi connectivity index (χ4n) is 3.37. The Morgan fingerprint density at radius 2 is 1.61 bits per heavy atom. The SMILES string of the molecule is CC(=O)O.CC(=O)O.COc1ccc(N2CCN(C(=O)[C@H]3C[C@@H](N)[C@H](O)C3)CC2)cn1. The van der Waals surface area contributed by atoms with E-state index in [9.17, 15) is 9.90 Å². The first-order chi connectivity index (χ1) is 14.5. The van der Waals surface area contributed by atoms with Gasteiger partial charge in [0, 0.05) is 58.1 Å². The molecular formula is C20H32N4O7. The van der Waals surface area contributed by atoms with Crippen LogP contribution >= 0.6 is 0 Å². The molecule has 1 saturated carbocycles. The molecule has 11 nitrogen and oxygen atoms in total. The Labute approximate surface area is 181 Å². The number of anilines is 1. The van der Waals surface area contributed by atoms with Crippen molar-refractivity contribution in [3.63, 3.8) is 0 Å². The van der Waals surface area contributed by atoms with Crippen LogP contribution in [0.5, 0.6) is 5.88 Å². The minimum atomic E-state index is -0.833. The third kappa shape index (κ3) is 9.18. The number of hydrogen-bond acceptors (Lipinski definition) is 8. The largest absolute Gasteiger partial charge is 0.481 e. The molecule has 174 valence electrons. The number of nitrogens with two attached hydrogens (primary N) is 1. The number of carboxylic acids is 2. The summed E-state index contributed by atoms with van der Waals surface area (Å²) in [5.74, 6) is -1.07. The second-order valence-electron chi connectivity index (χ2n) is 7.31. The van der Waals surface area contributed by atoms with Crippen molar-refractivity contribution < 1.29 is 34.4 Å². The molecule has 11 heteroatoms. The summed E-state index contributed by atoms with van der Waals surface area (Å²) in [5.41, 5.74) is 6.85. The van der Waals surface area contributed by atoms with Crippen molar-refractivity contribution in [2.24, 2.45) is 11.7 Å². The highest BCUT2D eigenvalue weighted by Gasteiger charge is 2.37. The first-order valence-corrected chi connectivity index (χ1v) is 9.91. The van der Waals surface area contributed by atoms with Gasteiger partial charge in [-0.15, -0.1) is 0 Å². The van der Waals surface area contributed by atoms with Gasteiger partial charge in [0.1, 0.15) is 0 Å². The number of piperazine rings is 1. The lowest BCUT2D eigenvalue weighted by molar-refractivity contribution is -0.136. The Morgan fingerprint density at radius 1 is 1.06 bits per heavy atom. The molecular weight excluding hydrogens is 408 g/mol. The van der Waals surface area contributed by atoms with Crippen molar-refractivity contribution in [1.82, 2.24) is 9.88 Å². The van der Waals surface area contributed by atoms with Crippen LogP contribution in [0.25, 0.3) is 0 Å². The maximum Gasteiger partial charge on any atom is 0.300 e. The first-order valence-electron chi connectivity index (χ1n) is 9.91. The van der Waals surface area contributed by atoms with E-state index in [0.29, 0.717) is 31.8 Å². The fraction of sp³-hybridized carbons (Fsp3) is 0.600. The predicted molar refractivity (Wildman–Crippen MR) is 113 cm³/mol. The number of aromatic nitrogens is 1. The lowest BCUT2D eigenvalue weighted by atomic mass is 10.1. The Balaban J connectivity index is 0.000000519. The van der Waals surface area contributed by atoms with E-state index in [1.807, 2.05) is 17.0 Å². The van der Waals surface area contributed by atoms with Crippen molar-refractivity contribution >= 4 is 23.5 Å². The molecule has 0 bridgehead atoms. The molecule has 3 atom stereocenters. The van der Waals surface area contributed by atoms with Gasteiger partial charge in [-0.3, -0.25) is 14.4 Å². The van der Waals surface area contributed by atoms with Gasteiger partial charge in [-0.25, -0.2) is 4.98 Å². The molecule has 0 aromatic carbocycles. The Hall–Kier alpha value is -2.92. The first kappa shape index (κ1) is 26.1. The summed E-state index contributed by atoms with van der Waals surface area (Å²) in [4.78, 5) is 38.9. The molecule has 2 aliphatic rings. The van der Waals surface area contributed by atoms with Gasteiger partial charge < -0.3 is 35.6 Å². The van der Waals surface area contributed by atoms with Crippen LogP contribution in [0.2, 0.25) is 0 Å². The summed E-state index contributed by atoms with van der Waals surface area (Å²) in [6.45, 7) is 5.10. The van der Waals surface area contributed by atoms with Crippen LogP contribution in [-0.4, -0.2) is 88.5 Å². The molecule has 2 fully saturated rings. The van der Waals surface area contributed by atoms with E-state index >= 15 is 0 Å².